The first-order chi connectivity index (χ1) is 8.20. The van der Waals surface area contributed by atoms with Gasteiger partial charge in [0.1, 0.15) is 17.4 Å². The fraction of sp³-hybridized carbons (Fsp3) is 0.0833. The van der Waals surface area contributed by atoms with E-state index in [0.717, 1.165) is 5.69 Å². The van der Waals surface area contributed by atoms with Crippen molar-refractivity contribution >= 4 is 0 Å². The Balaban J connectivity index is 2.37. The van der Waals surface area contributed by atoms with Crippen molar-refractivity contribution in [1.29, 1.82) is 5.26 Å². The smallest absolute Gasteiger partial charge is 0.322 e. The fourth-order valence-corrected chi connectivity index (χ4v) is 1.27. The van der Waals surface area contributed by atoms with Gasteiger partial charge in [0.25, 0.3) is 0 Å². The number of hydrogen-bond donors (Lipinski definition) is 0. The lowest BCUT2D eigenvalue weighted by molar-refractivity contribution is 0.434. The van der Waals surface area contributed by atoms with Crippen LogP contribution in [0.15, 0.2) is 30.5 Å². The average Bonchev–Trinajstić information content (AvgIpc) is 2.29. The zero-order chi connectivity index (χ0) is 12.3. The van der Waals surface area contributed by atoms with Crippen molar-refractivity contribution in [2.45, 2.75) is 6.92 Å². The molecule has 1 aromatic carbocycles. The van der Waals surface area contributed by atoms with E-state index in [9.17, 15) is 4.39 Å². The number of nitriles is 1. The van der Waals surface area contributed by atoms with Gasteiger partial charge >= 0.3 is 6.01 Å². The van der Waals surface area contributed by atoms with Crippen LogP contribution in [0.3, 0.4) is 0 Å². The molecule has 0 radical (unpaired) electrons. The Morgan fingerprint density at radius 3 is 2.88 bits per heavy atom. The Hall–Kier alpha value is -2.48. The summed E-state index contributed by atoms with van der Waals surface area (Å²) in [5, 5.41) is 8.82. The standard InChI is InChI=1S/C12H8FN3O/c1-8-5-6-15-12(16-8)17-11-4-2-3-10(13)9(11)7-14/h2-6H,1H3. The molecule has 0 aliphatic heterocycles. The van der Waals surface area contributed by atoms with Gasteiger partial charge in [0.05, 0.1) is 0 Å². The largest absolute Gasteiger partial charge is 0.423 e. The maximum absolute atomic E-state index is 13.3. The lowest BCUT2D eigenvalue weighted by atomic mass is 10.2. The van der Waals surface area contributed by atoms with E-state index in [4.69, 9.17) is 10.00 Å². The second kappa shape index (κ2) is 4.58. The molecule has 0 amide bonds. The number of benzene rings is 1. The van der Waals surface area contributed by atoms with Gasteiger partial charge in [-0.25, -0.2) is 14.4 Å². The molecular weight excluding hydrogens is 221 g/mol. The van der Waals surface area contributed by atoms with Gasteiger partial charge in [-0.15, -0.1) is 0 Å². The van der Waals surface area contributed by atoms with Crippen LogP contribution < -0.4 is 4.74 Å². The zero-order valence-corrected chi connectivity index (χ0v) is 9.01. The average molecular weight is 229 g/mol. The number of aromatic nitrogens is 2. The van der Waals surface area contributed by atoms with Gasteiger partial charge in [0.15, 0.2) is 5.75 Å². The molecule has 5 heteroatoms. The Labute approximate surface area is 97.3 Å². The van der Waals surface area contributed by atoms with Gasteiger partial charge in [-0.2, -0.15) is 5.26 Å². The molecule has 0 aliphatic carbocycles. The number of halogens is 1. The highest BCUT2D eigenvalue weighted by atomic mass is 19.1. The Morgan fingerprint density at radius 1 is 1.35 bits per heavy atom. The van der Waals surface area contributed by atoms with Crippen LogP contribution in [0.25, 0.3) is 0 Å². The number of ether oxygens (including phenoxy) is 1. The summed E-state index contributed by atoms with van der Waals surface area (Å²) in [5.41, 5.74) is 0.572. The highest BCUT2D eigenvalue weighted by Crippen LogP contribution is 2.24. The molecule has 0 unspecified atom stereocenters. The first-order valence-electron chi connectivity index (χ1n) is 4.87. The van der Waals surface area contributed by atoms with Gasteiger partial charge in [-0.1, -0.05) is 6.07 Å². The SMILES string of the molecule is Cc1ccnc(Oc2cccc(F)c2C#N)n1. The molecule has 0 aliphatic rings. The normalized spacial score (nSPS) is 9.71. The van der Waals surface area contributed by atoms with E-state index in [2.05, 4.69) is 9.97 Å². The second-order valence-electron chi connectivity index (χ2n) is 3.31. The molecule has 2 rings (SSSR count). The molecule has 4 nitrogen and oxygen atoms in total. The van der Waals surface area contributed by atoms with Crippen LogP contribution in [0.2, 0.25) is 0 Å². The maximum Gasteiger partial charge on any atom is 0.322 e. The molecule has 0 saturated heterocycles. The van der Waals surface area contributed by atoms with E-state index < -0.39 is 5.82 Å². The lowest BCUT2D eigenvalue weighted by Crippen LogP contribution is -1.96. The lowest BCUT2D eigenvalue weighted by Gasteiger charge is -2.05. The predicted octanol–water partition coefficient (Wildman–Crippen LogP) is 2.59. The minimum Gasteiger partial charge on any atom is -0.423 e. The van der Waals surface area contributed by atoms with Crippen LogP contribution in [0.1, 0.15) is 11.3 Å². The van der Waals surface area contributed by atoms with E-state index in [1.165, 1.54) is 24.4 Å². The van der Waals surface area contributed by atoms with Crippen molar-refractivity contribution in [3.8, 4) is 17.8 Å². The molecule has 2 aromatic rings. The summed E-state index contributed by atoms with van der Waals surface area (Å²) in [4.78, 5) is 7.88. The number of nitrogens with zero attached hydrogens (tertiary/aromatic N) is 3. The molecule has 1 aromatic heterocycles. The summed E-state index contributed by atoms with van der Waals surface area (Å²) in [6, 6.07) is 7.69. The van der Waals surface area contributed by atoms with Crippen molar-refractivity contribution in [3.05, 3.63) is 47.5 Å². The van der Waals surface area contributed by atoms with Gasteiger partial charge in [-0.3, -0.25) is 0 Å². The molecular formula is C12H8FN3O. The third-order valence-corrected chi connectivity index (χ3v) is 2.06. The van der Waals surface area contributed by atoms with Crippen molar-refractivity contribution in [2.75, 3.05) is 0 Å². The molecule has 0 spiro atoms. The minimum atomic E-state index is -0.627. The first kappa shape index (κ1) is 11.0. The molecule has 0 saturated carbocycles. The number of rotatable bonds is 2. The van der Waals surface area contributed by atoms with Crippen molar-refractivity contribution < 1.29 is 9.13 Å². The van der Waals surface area contributed by atoms with Crippen LogP contribution in [0, 0.1) is 24.1 Å². The van der Waals surface area contributed by atoms with Gasteiger partial charge < -0.3 is 4.74 Å². The summed E-state index contributed by atoms with van der Waals surface area (Å²) in [7, 11) is 0. The quantitative estimate of drug-likeness (QED) is 0.794. The highest BCUT2D eigenvalue weighted by Gasteiger charge is 2.10. The molecule has 0 fully saturated rings. The van der Waals surface area contributed by atoms with E-state index in [1.54, 1.807) is 19.1 Å². The minimum absolute atomic E-state index is 0.0899. The Bertz CT molecular complexity index is 593. The predicted molar refractivity (Wildman–Crippen MR) is 58.0 cm³/mol. The molecule has 0 atom stereocenters. The van der Waals surface area contributed by atoms with Crippen LogP contribution in [0.5, 0.6) is 11.8 Å². The summed E-state index contributed by atoms with van der Waals surface area (Å²) in [6.07, 6.45) is 1.53. The van der Waals surface area contributed by atoms with Crippen molar-refractivity contribution in [2.24, 2.45) is 0 Å². The third-order valence-electron chi connectivity index (χ3n) is 2.06. The van der Waals surface area contributed by atoms with Crippen molar-refractivity contribution in [3.63, 3.8) is 0 Å². The second-order valence-corrected chi connectivity index (χ2v) is 3.31. The summed E-state index contributed by atoms with van der Waals surface area (Å²) >= 11 is 0. The number of hydrogen-bond acceptors (Lipinski definition) is 4. The van der Waals surface area contributed by atoms with Crippen molar-refractivity contribution in [1.82, 2.24) is 9.97 Å². The monoisotopic (exact) mass is 229 g/mol. The zero-order valence-electron chi connectivity index (χ0n) is 9.01. The van der Waals surface area contributed by atoms with Gasteiger partial charge in [0, 0.05) is 11.9 Å². The first-order valence-corrected chi connectivity index (χ1v) is 4.87. The van der Waals surface area contributed by atoms with Gasteiger partial charge in [0.2, 0.25) is 0 Å². The van der Waals surface area contributed by atoms with E-state index in [-0.39, 0.29) is 17.3 Å². The van der Waals surface area contributed by atoms with Gasteiger partial charge in [-0.05, 0) is 25.1 Å². The highest BCUT2D eigenvalue weighted by molar-refractivity contribution is 5.44. The fourth-order valence-electron chi connectivity index (χ4n) is 1.27. The summed E-state index contributed by atoms with van der Waals surface area (Å²) in [5.74, 6) is -0.518. The Kier molecular flexibility index (Phi) is 2.97. The third kappa shape index (κ3) is 2.37. The summed E-state index contributed by atoms with van der Waals surface area (Å²) < 4.78 is 18.6. The van der Waals surface area contributed by atoms with E-state index in [0.29, 0.717) is 0 Å². The maximum atomic E-state index is 13.3. The van der Waals surface area contributed by atoms with E-state index >= 15 is 0 Å². The van der Waals surface area contributed by atoms with Crippen LogP contribution in [-0.2, 0) is 0 Å². The number of aryl methyl sites for hydroxylation is 1. The Morgan fingerprint density at radius 2 is 2.18 bits per heavy atom. The topological polar surface area (TPSA) is 58.8 Å². The molecule has 84 valence electrons. The molecule has 0 bridgehead atoms. The molecule has 17 heavy (non-hydrogen) atoms. The molecule has 1 heterocycles. The van der Waals surface area contributed by atoms with Crippen LogP contribution >= 0.6 is 0 Å². The van der Waals surface area contributed by atoms with Crippen LogP contribution in [0.4, 0.5) is 4.39 Å². The van der Waals surface area contributed by atoms with E-state index in [1.807, 2.05) is 0 Å². The van der Waals surface area contributed by atoms with Crippen LogP contribution in [-0.4, -0.2) is 9.97 Å². The summed E-state index contributed by atoms with van der Waals surface area (Å²) in [6.45, 7) is 1.78. The molecule has 0 N–H and O–H groups in total.